The third kappa shape index (κ3) is 22.7. The van der Waals surface area contributed by atoms with Crippen LogP contribution in [0.5, 0.6) is 0 Å². The number of aromatic nitrogens is 18. The van der Waals surface area contributed by atoms with E-state index in [1.54, 1.807) is 18.7 Å². The quantitative estimate of drug-likeness (QED) is 0.0151. The zero-order chi connectivity index (χ0) is 55.2. The molecule has 78 heavy (non-hydrogen) atoms. The van der Waals surface area contributed by atoms with Crippen molar-refractivity contribution in [2.24, 2.45) is 5.73 Å². The monoisotopic (exact) mass is 1120 g/mol. The van der Waals surface area contributed by atoms with Gasteiger partial charge >= 0.3 is 0 Å². The van der Waals surface area contributed by atoms with E-state index in [0.717, 1.165) is 42.9 Å². The zero-order valence-electron chi connectivity index (χ0n) is 44.7. The van der Waals surface area contributed by atoms with Gasteiger partial charge in [-0.25, -0.2) is 24.9 Å². The van der Waals surface area contributed by atoms with E-state index in [4.69, 9.17) is 37.1 Å². The summed E-state index contributed by atoms with van der Waals surface area (Å²) in [5.74, 6) is 9.35. The minimum Gasteiger partial charge on any atom is -0.368 e. The largest absolute Gasteiger partial charge is 0.368 e. The van der Waals surface area contributed by atoms with Gasteiger partial charge in [0.1, 0.15) is 47.1 Å². The fourth-order valence-electron chi connectivity index (χ4n) is 6.89. The molecule has 7 aromatic rings. The Morgan fingerprint density at radius 1 is 0.449 bits per heavy atom. The maximum atomic E-state index is 5.99. The van der Waals surface area contributed by atoms with Crippen molar-refractivity contribution in [2.45, 2.75) is 114 Å². The van der Waals surface area contributed by atoms with Crippen molar-refractivity contribution in [3.63, 3.8) is 0 Å². The van der Waals surface area contributed by atoms with Gasteiger partial charge in [0.2, 0.25) is 47.6 Å². The lowest BCUT2D eigenvalue weighted by Crippen LogP contribution is -2.15. The minimum atomic E-state index is 0.152. The number of nitrogens with two attached hydrogens (primary N) is 3. The minimum absolute atomic E-state index is 0.152. The highest BCUT2D eigenvalue weighted by molar-refractivity contribution is 7.99. The third-order valence-electron chi connectivity index (χ3n) is 10.4. The van der Waals surface area contributed by atoms with Crippen LogP contribution in [0, 0.1) is 13.8 Å². The van der Waals surface area contributed by atoms with Crippen molar-refractivity contribution in [1.82, 2.24) is 89.7 Å². The Hall–Kier alpha value is -7.31. The molecule has 1 aromatic carbocycles. The van der Waals surface area contributed by atoms with Crippen LogP contribution in [0.3, 0.4) is 0 Å². The van der Waals surface area contributed by atoms with Gasteiger partial charge in [-0.3, -0.25) is 0 Å². The van der Waals surface area contributed by atoms with Crippen LogP contribution in [-0.4, -0.2) is 147 Å². The molecule has 6 heterocycles. The zero-order valence-corrected chi connectivity index (χ0v) is 47.2. The first-order valence-corrected chi connectivity index (χ1v) is 28.5. The van der Waals surface area contributed by atoms with Crippen molar-refractivity contribution in [3.8, 4) is 0 Å². The Morgan fingerprint density at radius 2 is 0.897 bits per heavy atom. The molecule has 0 aliphatic heterocycles. The van der Waals surface area contributed by atoms with E-state index in [-0.39, 0.29) is 11.9 Å². The SMILES string of the molecule is CCCN.CCSc1nc(C)nc(NCCCc2nc(NCCCc3nc(NCCS)nc(NCCCc4ncnc(NCCCc5nc(N)nc(NCCCc6nc(C)nc(N)n6)n5)n4)n3)nc(Sc3ccccc3)n2)n1. The van der Waals surface area contributed by atoms with Gasteiger partial charge in [0.15, 0.2) is 10.3 Å². The Kier molecular flexibility index (Phi) is 25.9. The van der Waals surface area contributed by atoms with Gasteiger partial charge in [-0.2, -0.15) is 77.4 Å². The van der Waals surface area contributed by atoms with Gasteiger partial charge in [-0.1, -0.05) is 43.8 Å². The molecule has 0 saturated heterocycles. The van der Waals surface area contributed by atoms with E-state index in [1.807, 2.05) is 37.3 Å². The maximum Gasteiger partial charge on any atom is 0.227 e. The molecule has 0 amide bonds. The van der Waals surface area contributed by atoms with Crippen molar-refractivity contribution < 1.29 is 0 Å². The van der Waals surface area contributed by atoms with E-state index in [9.17, 15) is 0 Å². The van der Waals surface area contributed by atoms with Crippen molar-refractivity contribution in [3.05, 3.63) is 77.4 Å². The first-order valence-electron chi connectivity index (χ1n) is 26.0. The van der Waals surface area contributed by atoms with Crippen LogP contribution in [0.15, 0.2) is 51.9 Å². The van der Waals surface area contributed by atoms with Crippen LogP contribution in [0.1, 0.15) is 93.1 Å². The van der Waals surface area contributed by atoms with Crippen molar-refractivity contribution >= 4 is 83.7 Å². The predicted molar refractivity (Wildman–Crippen MR) is 310 cm³/mol. The molecule has 0 atom stereocenters. The fourth-order valence-corrected chi connectivity index (χ4v) is 8.39. The first kappa shape index (κ1) is 59.9. The molecule has 0 bridgehead atoms. The molecule has 0 saturated carbocycles. The summed E-state index contributed by atoms with van der Waals surface area (Å²) in [7, 11) is 0. The van der Waals surface area contributed by atoms with Crippen LogP contribution >= 0.6 is 36.2 Å². The molecule has 6 aromatic heterocycles. The molecule has 0 unspecified atom stereocenters. The Bertz CT molecular complexity index is 2850. The highest BCUT2D eigenvalue weighted by atomic mass is 32.2. The normalized spacial score (nSPS) is 10.9. The highest BCUT2D eigenvalue weighted by Gasteiger charge is 2.13. The second-order valence-corrected chi connectivity index (χ2v) is 19.7. The lowest BCUT2D eigenvalue weighted by molar-refractivity contribution is 0.738. The number of nitrogen functional groups attached to an aromatic ring is 2. The topological polar surface area (TPSA) is 382 Å². The summed E-state index contributed by atoms with van der Waals surface area (Å²) < 4.78 is 0. The van der Waals surface area contributed by atoms with Crippen molar-refractivity contribution in [2.75, 3.05) is 101 Å². The summed E-state index contributed by atoms with van der Waals surface area (Å²) >= 11 is 7.44. The molecule has 12 N–H and O–H groups in total. The van der Waals surface area contributed by atoms with Gasteiger partial charge in [-0.05, 0) is 88.6 Å². The molecular formula is C48H71N27S3. The molecule has 7 rings (SSSR count). The number of thioether (sulfide) groups is 1. The van der Waals surface area contributed by atoms with Crippen LogP contribution in [-0.2, 0) is 32.1 Å². The van der Waals surface area contributed by atoms with Crippen molar-refractivity contribution in [1.29, 1.82) is 0 Å². The predicted octanol–water partition coefficient (Wildman–Crippen LogP) is 4.76. The van der Waals surface area contributed by atoms with Gasteiger partial charge in [0.25, 0.3) is 0 Å². The van der Waals surface area contributed by atoms with E-state index < -0.39 is 0 Å². The first-order chi connectivity index (χ1) is 38.1. The number of nitrogens with one attached hydrogen (secondary N) is 6. The number of hydrogen-bond acceptors (Lipinski definition) is 30. The lowest BCUT2D eigenvalue weighted by Gasteiger charge is -2.11. The van der Waals surface area contributed by atoms with E-state index in [2.05, 4.69) is 128 Å². The fraction of sp³-hybridized carbons (Fsp3) is 0.500. The summed E-state index contributed by atoms with van der Waals surface area (Å²) in [6, 6.07) is 10.1. The summed E-state index contributed by atoms with van der Waals surface area (Å²) in [5, 5.41) is 21.1. The van der Waals surface area contributed by atoms with E-state index in [1.165, 1.54) is 18.1 Å². The molecule has 0 aliphatic carbocycles. The number of rotatable bonds is 33. The number of nitrogens with zero attached hydrogens (tertiary/aromatic N) is 18. The number of thiol groups is 1. The number of anilines is 8. The average Bonchev–Trinajstić information content (AvgIpc) is 3.42. The van der Waals surface area contributed by atoms with Gasteiger partial charge < -0.3 is 49.1 Å². The summed E-state index contributed by atoms with van der Waals surface area (Å²) in [6.45, 7) is 12.2. The molecule has 0 spiro atoms. The molecule has 27 nitrogen and oxygen atoms in total. The standard InChI is InChI=1S/C45H62N26S3.C3H9N/c1-4-73-44-59-29(3)58-39(70-44)49-22-12-19-35-66-43(71-45(67-35)74-30-13-6-5-7-14-30)52-24-11-18-34-64-41(69-42(65-34)53-25-26-72)51-21-8-15-31-54-27-55-38(62-31)48-20-10-17-33-61-37(47)68-40(63-33)50-23-9-16-32-56-28(2)57-36(46)60-32;1-2-3-4/h5-7,13-14,27,72H,4,8-12,15-26H2,1-3H3,(H2,46,56,57,60)(H,48,54,55,62)(H,49,58,59,70)(H,52,66,67,71)(H3,47,50,61,63,68)(H2,51,53,64,65,69);2-4H2,1H3. The Morgan fingerprint density at radius 3 is 1.46 bits per heavy atom. The molecule has 30 heteroatoms. The Labute approximate surface area is 468 Å². The maximum absolute atomic E-state index is 5.99. The second-order valence-electron chi connectivity index (χ2n) is 17.0. The van der Waals surface area contributed by atoms with Crippen LogP contribution in [0.25, 0.3) is 0 Å². The molecule has 0 fully saturated rings. The van der Waals surface area contributed by atoms with E-state index in [0.29, 0.717) is 177 Å². The second kappa shape index (κ2) is 33.8. The number of benzene rings is 1. The lowest BCUT2D eigenvalue weighted by atomic mass is 10.3. The van der Waals surface area contributed by atoms with Crippen LogP contribution in [0.4, 0.5) is 47.6 Å². The van der Waals surface area contributed by atoms with Crippen LogP contribution in [0.2, 0.25) is 0 Å². The van der Waals surface area contributed by atoms with Gasteiger partial charge in [0, 0.05) is 82.0 Å². The summed E-state index contributed by atoms with van der Waals surface area (Å²) in [5.41, 5.74) is 16.8. The van der Waals surface area contributed by atoms with Crippen LogP contribution < -0.4 is 49.1 Å². The highest BCUT2D eigenvalue weighted by Crippen LogP contribution is 2.25. The third-order valence-corrected chi connectivity index (χ3v) is 12.2. The van der Waals surface area contributed by atoms with Gasteiger partial charge in [0.05, 0.1) is 0 Å². The number of aryl methyl sites for hydroxylation is 7. The molecule has 0 aliphatic rings. The number of hydrogen-bond donors (Lipinski definition) is 10. The average molecular weight is 1120 g/mol. The molecule has 416 valence electrons. The molecule has 0 radical (unpaired) electrons. The van der Waals surface area contributed by atoms with Gasteiger partial charge in [-0.15, -0.1) is 0 Å². The summed E-state index contributed by atoms with van der Waals surface area (Å²) in [6.07, 6.45) is 9.31. The summed E-state index contributed by atoms with van der Waals surface area (Å²) in [4.78, 5) is 81.6. The van der Waals surface area contributed by atoms with E-state index >= 15 is 0 Å². The Balaban J connectivity index is 0.00000238. The smallest absolute Gasteiger partial charge is 0.227 e. The molecular weight excluding hydrogens is 1050 g/mol.